The molecule has 0 bridgehead atoms. The van der Waals surface area contributed by atoms with Crippen molar-refractivity contribution in [3.63, 3.8) is 0 Å². The van der Waals surface area contributed by atoms with Gasteiger partial charge in [0.05, 0.1) is 24.2 Å². The lowest BCUT2D eigenvalue weighted by molar-refractivity contribution is 0.0594. The number of anilines is 1. The van der Waals surface area contributed by atoms with Crippen molar-refractivity contribution >= 4 is 17.6 Å². The van der Waals surface area contributed by atoms with Gasteiger partial charge in [-0.3, -0.25) is 14.2 Å². The molecule has 2 rings (SSSR count). The summed E-state index contributed by atoms with van der Waals surface area (Å²) < 4.78 is 7.72. The van der Waals surface area contributed by atoms with E-state index >= 15 is 0 Å². The van der Waals surface area contributed by atoms with Crippen LogP contribution in [-0.4, -0.2) is 38.5 Å². The third kappa shape index (κ3) is 2.72. The average Bonchev–Trinajstić information content (AvgIpc) is 3.01. The monoisotopic (exact) mass is 305 g/mol. The molecular formula is C14H19N5O3. The Bertz CT molecular complexity index is 729. The number of nitrogens with zero attached hydrogens (tertiary/aromatic N) is 4. The van der Waals surface area contributed by atoms with Crippen molar-refractivity contribution in [1.29, 1.82) is 0 Å². The standard InChI is InChI=1S/C14H19N5O3/c1-6-9-7-10(19(4)16-9)13(20)15-11-8(2)18(3)17-12(11)14(21)22-5/h7H,6H2,1-5H3,(H,15,20). The summed E-state index contributed by atoms with van der Waals surface area (Å²) in [5, 5.41) is 11.0. The summed E-state index contributed by atoms with van der Waals surface area (Å²) in [7, 11) is 4.66. The molecule has 0 aliphatic carbocycles. The van der Waals surface area contributed by atoms with Crippen LogP contribution in [0.2, 0.25) is 0 Å². The molecule has 2 aromatic heterocycles. The second-order valence-electron chi connectivity index (χ2n) is 4.88. The summed E-state index contributed by atoms with van der Waals surface area (Å²) in [5.41, 5.74) is 2.32. The Morgan fingerprint density at radius 2 is 1.95 bits per heavy atom. The van der Waals surface area contributed by atoms with Gasteiger partial charge in [-0.1, -0.05) is 6.92 Å². The van der Waals surface area contributed by atoms with E-state index in [2.05, 4.69) is 15.5 Å². The molecule has 22 heavy (non-hydrogen) atoms. The van der Waals surface area contributed by atoms with E-state index in [4.69, 9.17) is 4.74 Å². The Hall–Kier alpha value is -2.64. The number of esters is 1. The third-order valence-corrected chi connectivity index (χ3v) is 3.48. The lowest BCUT2D eigenvalue weighted by Gasteiger charge is -2.06. The van der Waals surface area contributed by atoms with Gasteiger partial charge in [0, 0.05) is 14.1 Å². The van der Waals surface area contributed by atoms with Crippen LogP contribution in [0.4, 0.5) is 5.69 Å². The Labute approximate surface area is 128 Å². The van der Waals surface area contributed by atoms with Gasteiger partial charge in [-0.05, 0) is 19.4 Å². The smallest absolute Gasteiger partial charge is 0.360 e. The average molecular weight is 305 g/mol. The number of nitrogens with one attached hydrogen (secondary N) is 1. The van der Waals surface area contributed by atoms with E-state index in [1.54, 1.807) is 27.1 Å². The summed E-state index contributed by atoms with van der Waals surface area (Å²) in [5.74, 6) is -0.950. The number of aromatic nitrogens is 4. The maximum absolute atomic E-state index is 12.4. The molecule has 0 atom stereocenters. The molecule has 8 nitrogen and oxygen atoms in total. The molecule has 8 heteroatoms. The summed E-state index contributed by atoms with van der Waals surface area (Å²) in [4.78, 5) is 24.2. The second kappa shape index (κ2) is 6.00. The maximum Gasteiger partial charge on any atom is 0.360 e. The van der Waals surface area contributed by atoms with Gasteiger partial charge < -0.3 is 10.1 Å². The van der Waals surface area contributed by atoms with Crippen LogP contribution < -0.4 is 5.32 Å². The fraction of sp³-hybridized carbons (Fsp3) is 0.429. The minimum absolute atomic E-state index is 0.0775. The molecule has 2 aromatic rings. The Balaban J connectivity index is 2.35. The van der Waals surface area contributed by atoms with Gasteiger partial charge in [0.25, 0.3) is 5.91 Å². The molecule has 0 aromatic carbocycles. The lowest BCUT2D eigenvalue weighted by atomic mass is 10.2. The highest BCUT2D eigenvalue weighted by Crippen LogP contribution is 2.21. The highest BCUT2D eigenvalue weighted by Gasteiger charge is 2.23. The van der Waals surface area contributed by atoms with Crippen molar-refractivity contribution in [3.8, 4) is 0 Å². The van der Waals surface area contributed by atoms with Crippen molar-refractivity contribution in [2.24, 2.45) is 14.1 Å². The van der Waals surface area contributed by atoms with Crippen LogP contribution in [0.15, 0.2) is 6.07 Å². The molecule has 0 unspecified atom stereocenters. The minimum Gasteiger partial charge on any atom is -0.464 e. The van der Waals surface area contributed by atoms with E-state index < -0.39 is 5.97 Å². The highest BCUT2D eigenvalue weighted by molar-refractivity contribution is 6.07. The fourth-order valence-electron chi connectivity index (χ4n) is 2.09. The number of amides is 1. The van der Waals surface area contributed by atoms with Crippen LogP contribution in [0.3, 0.4) is 0 Å². The molecule has 2 heterocycles. The quantitative estimate of drug-likeness (QED) is 0.853. The summed E-state index contributed by atoms with van der Waals surface area (Å²) in [6.07, 6.45) is 0.737. The number of ether oxygens (including phenoxy) is 1. The Morgan fingerprint density at radius 1 is 1.27 bits per heavy atom. The minimum atomic E-state index is -0.599. The van der Waals surface area contributed by atoms with E-state index in [0.717, 1.165) is 12.1 Å². The van der Waals surface area contributed by atoms with Crippen LogP contribution in [0.25, 0.3) is 0 Å². The first-order chi connectivity index (χ1) is 10.4. The van der Waals surface area contributed by atoms with Crippen LogP contribution in [0.1, 0.15) is 39.3 Å². The molecule has 0 aliphatic heterocycles. The SMILES string of the molecule is CCc1cc(C(=O)Nc2c(C(=O)OC)nn(C)c2C)n(C)n1. The molecule has 0 saturated carbocycles. The van der Waals surface area contributed by atoms with Crippen LogP contribution >= 0.6 is 0 Å². The van der Waals surface area contributed by atoms with Crippen molar-refractivity contribution in [1.82, 2.24) is 19.6 Å². The highest BCUT2D eigenvalue weighted by atomic mass is 16.5. The Morgan fingerprint density at radius 3 is 2.50 bits per heavy atom. The zero-order valence-corrected chi connectivity index (χ0v) is 13.3. The first kappa shape index (κ1) is 15.7. The van der Waals surface area contributed by atoms with Crippen molar-refractivity contribution in [2.75, 3.05) is 12.4 Å². The van der Waals surface area contributed by atoms with Gasteiger partial charge in [0.15, 0.2) is 5.69 Å². The zero-order valence-electron chi connectivity index (χ0n) is 13.3. The number of rotatable bonds is 4. The van der Waals surface area contributed by atoms with E-state index in [1.165, 1.54) is 16.5 Å². The van der Waals surface area contributed by atoms with Gasteiger partial charge in [0.1, 0.15) is 5.69 Å². The third-order valence-electron chi connectivity index (χ3n) is 3.48. The maximum atomic E-state index is 12.4. The lowest BCUT2D eigenvalue weighted by Crippen LogP contribution is -2.18. The number of carbonyl (C=O) groups is 2. The van der Waals surface area contributed by atoms with Crippen LogP contribution in [0.5, 0.6) is 0 Å². The molecule has 0 aliphatic rings. The number of methoxy groups -OCH3 is 1. The van der Waals surface area contributed by atoms with E-state index in [0.29, 0.717) is 17.1 Å². The number of aryl methyl sites for hydroxylation is 3. The van der Waals surface area contributed by atoms with Gasteiger partial charge in [-0.15, -0.1) is 0 Å². The predicted molar refractivity (Wildman–Crippen MR) is 79.8 cm³/mol. The molecule has 0 fully saturated rings. The molecular weight excluding hydrogens is 286 g/mol. The molecule has 0 radical (unpaired) electrons. The summed E-state index contributed by atoms with van der Waals surface area (Å²) in [6.45, 7) is 3.72. The molecule has 0 saturated heterocycles. The summed E-state index contributed by atoms with van der Waals surface area (Å²) in [6, 6.07) is 1.72. The number of carbonyl (C=O) groups excluding carboxylic acids is 2. The molecule has 1 N–H and O–H groups in total. The fourth-order valence-corrected chi connectivity index (χ4v) is 2.09. The number of hydrogen-bond acceptors (Lipinski definition) is 5. The Kier molecular flexibility index (Phi) is 4.30. The topological polar surface area (TPSA) is 91.0 Å². The number of hydrogen-bond donors (Lipinski definition) is 1. The zero-order chi connectivity index (χ0) is 16.4. The van der Waals surface area contributed by atoms with E-state index in [-0.39, 0.29) is 11.6 Å². The van der Waals surface area contributed by atoms with Crippen LogP contribution in [0, 0.1) is 6.92 Å². The van der Waals surface area contributed by atoms with Crippen molar-refractivity contribution in [2.45, 2.75) is 20.3 Å². The first-order valence-electron chi connectivity index (χ1n) is 6.85. The second-order valence-corrected chi connectivity index (χ2v) is 4.88. The summed E-state index contributed by atoms with van der Waals surface area (Å²) >= 11 is 0. The molecule has 0 spiro atoms. The van der Waals surface area contributed by atoms with Gasteiger partial charge >= 0.3 is 5.97 Å². The first-order valence-corrected chi connectivity index (χ1v) is 6.85. The van der Waals surface area contributed by atoms with E-state index in [1.807, 2.05) is 6.92 Å². The van der Waals surface area contributed by atoms with Crippen molar-refractivity contribution in [3.05, 3.63) is 28.8 Å². The van der Waals surface area contributed by atoms with E-state index in [9.17, 15) is 9.59 Å². The van der Waals surface area contributed by atoms with Gasteiger partial charge in [-0.2, -0.15) is 10.2 Å². The van der Waals surface area contributed by atoms with Gasteiger partial charge in [0.2, 0.25) is 0 Å². The molecule has 118 valence electrons. The van der Waals surface area contributed by atoms with Crippen molar-refractivity contribution < 1.29 is 14.3 Å². The normalized spacial score (nSPS) is 10.6. The molecule has 1 amide bonds. The predicted octanol–water partition coefficient (Wildman–Crippen LogP) is 1.06. The van der Waals surface area contributed by atoms with Gasteiger partial charge in [-0.25, -0.2) is 4.79 Å². The largest absolute Gasteiger partial charge is 0.464 e. The van der Waals surface area contributed by atoms with Crippen LogP contribution in [-0.2, 0) is 25.3 Å².